The maximum absolute atomic E-state index is 12.7. The molecule has 1 aromatic carbocycles. The van der Waals surface area contributed by atoms with Gasteiger partial charge in [0.2, 0.25) is 0 Å². The summed E-state index contributed by atoms with van der Waals surface area (Å²) in [4.78, 5) is 24.2. The van der Waals surface area contributed by atoms with Gasteiger partial charge in [0.15, 0.2) is 5.69 Å². The topological polar surface area (TPSA) is 67.4 Å². The molecule has 5 heteroatoms. The van der Waals surface area contributed by atoms with Crippen LogP contribution in [-0.4, -0.2) is 27.5 Å². The summed E-state index contributed by atoms with van der Waals surface area (Å²) >= 11 is 0. The van der Waals surface area contributed by atoms with Crippen LogP contribution in [0.25, 0.3) is 16.1 Å². The summed E-state index contributed by atoms with van der Waals surface area (Å²) in [5.74, 6) is 0.389. The number of nitrogens with zero attached hydrogens (tertiary/aromatic N) is 3. The minimum absolute atomic E-state index is 0.0117. The van der Waals surface area contributed by atoms with Gasteiger partial charge in [-0.3, -0.25) is 9.78 Å². The van der Waals surface area contributed by atoms with Gasteiger partial charge in [-0.2, -0.15) is 0 Å². The normalized spacial score (nSPS) is 12.4. The zero-order chi connectivity index (χ0) is 18.4. The monoisotopic (exact) mass is 337 g/mol. The SMILES string of the molecule is [C-]#[N+]c1cncc(-c2ccc(C(C)(C)C(=O)C[C@@H](CC)CO)cc2)n1. The van der Waals surface area contributed by atoms with E-state index in [1.165, 1.54) is 6.20 Å². The molecule has 0 saturated carbocycles. The number of aliphatic hydroxyl groups excluding tert-OH is 1. The number of aliphatic hydroxyl groups is 1. The molecule has 0 unspecified atom stereocenters. The van der Waals surface area contributed by atoms with Gasteiger partial charge in [0, 0.05) is 24.0 Å². The number of rotatable bonds is 7. The van der Waals surface area contributed by atoms with E-state index in [-0.39, 0.29) is 24.1 Å². The van der Waals surface area contributed by atoms with E-state index in [0.717, 1.165) is 17.5 Å². The average Bonchev–Trinajstić information content (AvgIpc) is 2.65. The van der Waals surface area contributed by atoms with Crippen molar-refractivity contribution >= 4 is 11.6 Å². The molecule has 0 aliphatic carbocycles. The lowest BCUT2D eigenvalue weighted by atomic mass is 9.77. The number of ketones is 1. The maximum atomic E-state index is 12.7. The lowest BCUT2D eigenvalue weighted by Crippen LogP contribution is -2.31. The quantitative estimate of drug-likeness (QED) is 0.777. The predicted molar refractivity (Wildman–Crippen MR) is 97.2 cm³/mol. The van der Waals surface area contributed by atoms with Crippen LogP contribution in [-0.2, 0) is 10.2 Å². The van der Waals surface area contributed by atoms with Crippen molar-refractivity contribution in [1.82, 2.24) is 9.97 Å². The smallest absolute Gasteiger partial charge is 0.288 e. The van der Waals surface area contributed by atoms with E-state index in [0.29, 0.717) is 12.1 Å². The molecule has 0 aliphatic heterocycles. The van der Waals surface area contributed by atoms with E-state index in [9.17, 15) is 9.90 Å². The predicted octanol–water partition coefficient (Wildman–Crippen LogP) is 3.95. The van der Waals surface area contributed by atoms with Gasteiger partial charge in [-0.15, -0.1) is 4.98 Å². The van der Waals surface area contributed by atoms with E-state index in [4.69, 9.17) is 6.57 Å². The summed E-state index contributed by atoms with van der Waals surface area (Å²) in [6, 6.07) is 7.62. The Labute approximate surface area is 148 Å². The molecule has 130 valence electrons. The maximum Gasteiger partial charge on any atom is 0.288 e. The molecule has 1 heterocycles. The molecule has 2 aromatic rings. The van der Waals surface area contributed by atoms with Crippen molar-refractivity contribution < 1.29 is 9.90 Å². The molecular weight excluding hydrogens is 314 g/mol. The van der Waals surface area contributed by atoms with Gasteiger partial charge >= 0.3 is 0 Å². The standard InChI is InChI=1S/C20H23N3O2/c1-5-14(13-24)10-18(25)20(2,3)16-8-6-15(7-9-16)17-11-22-12-19(21-4)23-17/h6-9,11-12,14,24H,5,10,13H2,1-3H3/t14-/m1/s1. The van der Waals surface area contributed by atoms with Gasteiger partial charge in [-0.25, -0.2) is 0 Å². The van der Waals surface area contributed by atoms with E-state index in [1.54, 1.807) is 6.20 Å². The first-order valence-corrected chi connectivity index (χ1v) is 8.37. The summed E-state index contributed by atoms with van der Waals surface area (Å²) in [7, 11) is 0. The summed E-state index contributed by atoms with van der Waals surface area (Å²) in [6.07, 6.45) is 4.21. The molecule has 0 aliphatic rings. The second kappa shape index (κ2) is 8.00. The Bertz CT molecular complexity index is 772. The average molecular weight is 337 g/mol. The molecule has 0 saturated heterocycles. The van der Waals surface area contributed by atoms with E-state index in [1.807, 2.05) is 45.0 Å². The summed E-state index contributed by atoms with van der Waals surface area (Å²) in [5, 5.41) is 9.33. The number of hydrogen-bond acceptors (Lipinski definition) is 4. The number of hydrogen-bond donors (Lipinski definition) is 1. The van der Waals surface area contributed by atoms with Crippen LogP contribution in [0.1, 0.15) is 39.2 Å². The van der Waals surface area contributed by atoms with Crippen molar-refractivity contribution in [3.05, 3.63) is 53.6 Å². The molecule has 0 spiro atoms. The first-order valence-electron chi connectivity index (χ1n) is 8.37. The minimum Gasteiger partial charge on any atom is -0.396 e. The fourth-order valence-corrected chi connectivity index (χ4v) is 2.62. The Hall–Kier alpha value is -2.58. The Balaban J connectivity index is 2.23. The minimum atomic E-state index is -0.620. The molecular formula is C20H23N3O2. The van der Waals surface area contributed by atoms with Crippen LogP contribution in [0.4, 0.5) is 5.82 Å². The summed E-state index contributed by atoms with van der Waals surface area (Å²) in [5.41, 5.74) is 1.79. The van der Waals surface area contributed by atoms with Gasteiger partial charge in [0.05, 0.1) is 12.4 Å². The third-order valence-electron chi connectivity index (χ3n) is 4.65. The molecule has 5 nitrogen and oxygen atoms in total. The Kier molecular flexibility index (Phi) is 6.00. The highest BCUT2D eigenvalue weighted by molar-refractivity contribution is 5.89. The molecule has 2 rings (SSSR count). The van der Waals surface area contributed by atoms with Gasteiger partial charge in [0.1, 0.15) is 5.78 Å². The second-order valence-corrected chi connectivity index (χ2v) is 6.66. The third-order valence-corrected chi connectivity index (χ3v) is 4.65. The van der Waals surface area contributed by atoms with Crippen LogP contribution in [0.5, 0.6) is 0 Å². The van der Waals surface area contributed by atoms with Crippen molar-refractivity contribution in [2.24, 2.45) is 5.92 Å². The Morgan fingerprint density at radius 2 is 1.96 bits per heavy atom. The largest absolute Gasteiger partial charge is 0.396 e. The molecule has 0 fully saturated rings. The van der Waals surface area contributed by atoms with Gasteiger partial charge in [0.25, 0.3) is 5.82 Å². The first kappa shape index (κ1) is 18.8. The number of aromatic nitrogens is 2. The summed E-state index contributed by atoms with van der Waals surface area (Å²) < 4.78 is 0. The van der Waals surface area contributed by atoms with Crippen molar-refractivity contribution in [3.63, 3.8) is 0 Å². The number of benzene rings is 1. The van der Waals surface area contributed by atoms with Crippen molar-refractivity contribution in [2.45, 2.75) is 39.0 Å². The fraction of sp³-hybridized carbons (Fsp3) is 0.400. The highest BCUT2D eigenvalue weighted by Gasteiger charge is 2.30. The fourth-order valence-electron chi connectivity index (χ4n) is 2.62. The second-order valence-electron chi connectivity index (χ2n) is 6.66. The van der Waals surface area contributed by atoms with Gasteiger partial charge in [-0.1, -0.05) is 44.2 Å². The number of Topliss-reactive ketones (excluding diaryl/α,β-unsaturated/α-hetero) is 1. The van der Waals surface area contributed by atoms with Gasteiger partial charge < -0.3 is 9.95 Å². The molecule has 1 N–H and O–H groups in total. The van der Waals surface area contributed by atoms with E-state index >= 15 is 0 Å². The first-order chi connectivity index (χ1) is 11.9. The highest BCUT2D eigenvalue weighted by Crippen LogP contribution is 2.29. The lowest BCUT2D eigenvalue weighted by molar-refractivity contribution is -0.124. The van der Waals surface area contributed by atoms with Gasteiger partial charge in [-0.05, 0) is 25.3 Å². The third kappa shape index (κ3) is 4.28. The number of carbonyl (C=O) groups excluding carboxylic acids is 1. The molecule has 0 radical (unpaired) electrons. The van der Waals surface area contributed by atoms with Crippen LogP contribution in [0, 0.1) is 12.5 Å². The zero-order valence-corrected chi connectivity index (χ0v) is 14.9. The van der Waals surface area contributed by atoms with E-state index < -0.39 is 5.41 Å². The molecule has 1 aromatic heterocycles. The van der Waals surface area contributed by atoms with Crippen molar-refractivity contribution in [2.75, 3.05) is 6.61 Å². The van der Waals surface area contributed by atoms with Crippen LogP contribution in [0.2, 0.25) is 0 Å². The van der Waals surface area contributed by atoms with Crippen LogP contribution < -0.4 is 0 Å². The Morgan fingerprint density at radius 3 is 2.52 bits per heavy atom. The lowest BCUT2D eigenvalue weighted by Gasteiger charge is -2.25. The van der Waals surface area contributed by atoms with Crippen LogP contribution in [0.15, 0.2) is 36.7 Å². The van der Waals surface area contributed by atoms with Crippen molar-refractivity contribution in [3.8, 4) is 11.3 Å². The Morgan fingerprint density at radius 1 is 1.28 bits per heavy atom. The molecule has 0 bridgehead atoms. The van der Waals surface area contributed by atoms with Crippen molar-refractivity contribution in [1.29, 1.82) is 0 Å². The molecule has 1 atom stereocenters. The highest BCUT2D eigenvalue weighted by atomic mass is 16.3. The number of carbonyl (C=O) groups is 1. The molecule has 0 amide bonds. The van der Waals surface area contributed by atoms with E-state index in [2.05, 4.69) is 14.8 Å². The molecule has 25 heavy (non-hydrogen) atoms. The summed E-state index contributed by atoms with van der Waals surface area (Å²) in [6.45, 7) is 12.9. The van der Waals surface area contributed by atoms with Crippen LogP contribution in [0.3, 0.4) is 0 Å². The van der Waals surface area contributed by atoms with Crippen LogP contribution >= 0.6 is 0 Å². The zero-order valence-electron chi connectivity index (χ0n) is 14.9.